The van der Waals surface area contributed by atoms with Crippen LogP contribution in [-0.4, -0.2) is 54.5 Å². The van der Waals surface area contributed by atoms with Gasteiger partial charge in [0.15, 0.2) is 0 Å². The van der Waals surface area contributed by atoms with Crippen molar-refractivity contribution in [1.29, 1.82) is 0 Å². The highest BCUT2D eigenvalue weighted by Gasteiger charge is 2.22. The second-order valence-electron chi connectivity index (χ2n) is 6.18. The minimum Gasteiger partial charge on any atom is -0.333 e. The molecule has 1 aliphatic heterocycles. The predicted octanol–water partition coefficient (Wildman–Crippen LogP) is 3.01. The molecule has 27 heavy (non-hydrogen) atoms. The number of piperazine rings is 1. The number of carbonyl (C=O) groups is 2. The molecule has 1 aromatic heterocycles. The van der Waals surface area contributed by atoms with E-state index in [1.54, 1.807) is 4.90 Å². The molecule has 3 amide bonds. The Kier molecular flexibility index (Phi) is 6.65. The minimum absolute atomic E-state index is 0.116. The van der Waals surface area contributed by atoms with Gasteiger partial charge in [-0.3, -0.25) is 9.69 Å². The lowest BCUT2D eigenvalue weighted by Gasteiger charge is -2.34. The summed E-state index contributed by atoms with van der Waals surface area (Å²) in [4.78, 5) is 29.1. The van der Waals surface area contributed by atoms with Gasteiger partial charge in [-0.15, -0.1) is 11.3 Å². The van der Waals surface area contributed by atoms with Gasteiger partial charge in [0.2, 0.25) is 5.91 Å². The van der Waals surface area contributed by atoms with Crippen LogP contribution in [0.1, 0.15) is 4.88 Å². The molecule has 1 aliphatic rings. The van der Waals surface area contributed by atoms with E-state index in [2.05, 4.69) is 10.6 Å². The lowest BCUT2D eigenvalue weighted by Crippen LogP contribution is -2.52. The van der Waals surface area contributed by atoms with E-state index in [0.717, 1.165) is 4.88 Å². The average molecular weight is 411 g/mol. The number of carbonyl (C=O) groups excluding carboxylic acids is 2. The van der Waals surface area contributed by atoms with Gasteiger partial charge in [-0.2, -0.15) is 0 Å². The number of hydrogen-bond acceptors (Lipinski definition) is 4. The lowest BCUT2D eigenvalue weighted by molar-refractivity contribution is -0.117. The van der Waals surface area contributed by atoms with Crippen molar-refractivity contribution in [1.82, 2.24) is 15.1 Å². The summed E-state index contributed by atoms with van der Waals surface area (Å²) in [5, 5.41) is 5.63. The molecule has 2 aromatic rings. The number of rotatable bonds is 5. The summed E-state index contributed by atoms with van der Waals surface area (Å²) in [6, 6.07) is 9.24. The maximum Gasteiger partial charge on any atom is 0.317 e. The van der Waals surface area contributed by atoms with Gasteiger partial charge in [0.1, 0.15) is 5.82 Å². The Balaban J connectivity index is 1.38. The molecule has 0 aliphatic carbocycles. The fraction of sp³-hybridized carbons (Fsp3) is 0.333. The van der Waals surface area contributed by atoms with Gasteiger partial charge in [-0.1, -0.05) is 11.6 Å². The normalized spacial score (nSPS) is 14.8. The number of anilines is 1. The van der Waals surface area contributed by atoms with Crippen LogP contribution in [0.15, 0.2) is 36.4 Å². The standard InChI is InChI=1S/C18H20ClFN4O2S/c19-16-6-5-15(27-16)11-21-18(26)24-9-7-23(8-10-24)12-17(25)22-14-3-1-13(20)2-4-14/h1-6H,7-12H2,(H,21,26)(H,22,25). The maximum atomic E-state index is 12.9. The zero-order valence-corrected chi connectivity index (χ0v) is 16.2. The first-order valence-corrected chi connectivity index (χ1v) is 9.74. The smallest absolute Gasteiger partial charge is 0.317 e. The van der Waals surface area contributed by atoms with E-state index >= 15 is 0 Å². The first-order valence-electron chi connectivity index (χ1n) is 8.54. The van der Waals surface area contributed by atoms with E-state index in [4.69, 9.17) is 11.6 Å². The Morgan fingerprint density at radius 2 is 1.78 bits per heavy atom. The number of thiophene rings is 1. The first kappa shape index (κ1) is 19.6. The largest absolute Gasteiger partial charge is 0.333 e. The van der Waals surface area contributed by atoms with Crippen molar-refractivity contribution >= 4 is 40.6 Å². The molecule has 6 nitrogen and oxygen atoms in total. The van der Waals surface area contributed by atoms with Crippen molar-refractivity contribution in [3.05, 3.63) is 51.4 Å². The summed E-state index contributed by atoms with van der Waals surface area (Å²) in [5.74, 6) is -0.501. The van der Waals surface area contributed by atoms with Crippen LogP contribution in [0, 0.1) is 5.82 Å². The van der Waals surface area contributed by atoms with E-state index < -0.39 is 0 Å². The third kappa shape index (κ3) is 5.92. The van der Waals surface area contributed by atoms with E-state index in [1.807, 2.05) is 17.0 Å². The van der Waals surface area contributed by atoms with Crippen molar-refractivity contribution < 1.29 is 14.0 Å². The van der Waals surface area contributed by atoms with E-state index in [-0.39, 0.29) is 24.3 Å². The van der Waals surface area contributed by atoms with Gasteiger partial charge >= 0.3 is 6.03 Å². The van der Waals surface area contributed by atoms with Gasteiger partial charge in [-0.25, -0.2) is 9.18 Å². The second kappa shape index (κ2) is 9.16. The van der Waals surface area contributed by atoms with Crippen LogP contribution in [0.2, 0.25) is 4.34 Å². The van der Waals surface area contributed by atoms with Crippen LogP contribution in [-0.2, 0) is 11.3 Å². The van der Waals surface area contributed by atoms with Crippen LogP contribution in [0.4, 0.5) is 14.9 Å². The highest BCUT2D eigenvalue weighted by Crippen LogP contribution is 2.21. The number of nitrogens with zero attached hydrogens (tertiary/aromatic N) is 2. The molecule has 144 valence electrons. The fourth-order valence-corrected chi connectivity index (χ4v) is 3.79. The third-order valence-electron chi connectivity index (χ3n) is 4.20. The van der Waals surface area contributed by atoms with Crippen LogP contribution in [0.3, 0.4) is 0 Å². The predicted molar refractivity (Wildman–Crippen MR) is 105 cm³/mol. The molecule has 0 bridgehead atoms. The van der Waals surface area contributed by atoms with Gasteiger partial charge in [0.25, 0.3) is 0 Å². The maximum absolute atomic E-state index is 12.9. The molecule has 2 N–H and O–H groups in total. The fourth-order valence-electron chi connectivity index (χ4n) is 2.77. The first-order chi connectivity index (χ1) is 13.0. The number of nitrogens with one attached hydrogen (secondary N) is 2. The zero-order chi connectivity index (χ0) is 19.2. The molecule has 1 fully saturated rings. The summed E-state index contributed by atoms with van der Waals surface area (Å²) < 4.78 is 13.6. The average Bonchev–Trinajstić information content (AvgIpc) is 3.07. The zero-order valence-electron chi connectivity index (χ0n) is 14.6. The van der Waals surface area contributed by atoms with E-state index in [9.17, 15) is 14.0 Å². The van der Waals surface area contributed by atoms with E-state index in [1.165, 1.54) is 35.6 Å². The molecular weight excluding hydrogens is 391 g/mol. The Bertz CT molecular complexity index is 791. The molecule has 9 heteroatoms. The summed E-state index contributed by atoms with van der Waals surface area (Å²) in [6.07, 6.45) is 0. The van der Waals surface area contributed by atoms with Crippen molar-refractivity contribution in [2.75, 3.05) is 38.0 Å². The van der Waals surface area contributed by atoms with Crippen molar-refractivity contribution in [3.8, 4) is 0 Å². The quantitative estimate of drug-likeness (QED) is 0.796. The Morgan fingerprint density at radius 3 is 2.41 bits per heavy atom. The molecule has 2 heterocycles. The summed E-state index contributed by atoms with van der Waals surface area (Å²) in [7, 11) is 0. The Labute approximate surface area is 165 Å². The number of benzene rings is 1. The monoisotopic (exact) mass is 410 g/mol. The number of urea groups is 1. The SMILES string of the molecule is O=C(CN1CCN(C(=O)NCc2ccc(Cl)s2)CC1)Nc1ccc(F)cc1. The third-order valence-corrected chi connectivity index (χ3v) is 5.43. The topological polar surface area (TPSA) is 64.7 Å². The van der Waals surface area contributed by atoms with Crippen LogP contribution in [0.25, 0.3) is 0 Å². The Hall–Kier alpha value is -2.16. The molecule has 0 radical (unpaired) electrons. The van der Waals surface area contributed by atoms with Crippen LogP contribution >= 0.6 is 22.9 Å². The molecule has 0 atom stereocenters. The molecule has 0 spiro atoms. The van der Waals surface area contributed by atoms with Gasteiger partial charge in [0.05, 0.1) is 17.4 Å². The number of hydrogen-bond donors (Lipinski definition) is 2. The van der Waals surface area contributed by atoms with Gasteiger partial charge in [0, 0.05) is 36.7 Å². The molecule has 1 saturated heterocycles. The Morgan fingerprint density at radius 1 is 1.07 bits per heavy atom. The van der Waals surface area contributed by atoms with E-state index in [0.29, 0.717) is 42.7 Å². The van der Waals surface area contributed by atoms with Gasteiger partial charge < -0.3 is 15.5 Å². The number of amides is 3. The van der Waals surface area contributed by atoms with Crippen molar-refractivity contribution in [3.63, 3.8) is 0 Å². The molecule has 3 rings (SSSR count). The van der Waals surface area contributed by atoms with Gasteiger partial charge in [-0.05, 0) is 36.4 Å². The van der Waals surface area contributed by atoms with Crippen LogP contribution in [0.5, 0.6) is 0 Å². The molecule has 0 unspecified atom stereocenters. The lowest BCUT2D eigenvalue weighted by atomic mass is 10.3. The van der Waals surface area contributed by atoms with Crippen molar-refractivity contribution in [2.45, 2.75) is 6.54 Å². The minimum atomic E-state index is -0.343. The summed E-state index contributed by atoms with van der Waals surface area (Å²) in [6.45, 7) is 3.04. The molecule has 1 aromatic carbocycles. The highest BCUT2D eigenvalue weighted by atomic mass is 35.5. The van der Waals surface area contributed by atoms with Crippen LogP contribution < -0.4 is 10.6 Å². The summed E-state index contributed by atoms with van der Waals surface area (Å²) in [5.41, 5.74) is 0.563. The van der Waals surface area contributed by atoms with Crippen molar-refractivity contribution in [2.24, 2.45) is 0 Å². The molecular formula is C18H20ClFN4O2S. The second-order valence-corrected chi connectivity index (χ2v) is 7.98. The number of halogens is 2. The molecule has 0 saturated carbocycles. The summed E-state index contributed by atoms with van der Waals surface area (Å²) >= 11 is 7.32. The highest BCUT2D eigenvalue weighted by molar-refractivity contribution is 7.16.